The van der Waals surface area contributed by atoms with Gasteiger partial charge in [0.1, 0.15) is 4.90 Å². The third kappa shape index (κ3) is 5.38. The number of aromatic nitrogens is 2. The number of hydrogen-bond acceptors (Lipinski definition) is 6. The molecule has 0 unspecified atom stereocenters. The van der Waals surface area contributed by atoms with E-state index in [9.17, 15) is 13.2 Å². The maximum Gasteiger partial charge on any atom is 0.268 e. The first kappa shape index (κ1) is 25.0. The van der Waals surface area contributed by atoms with Gasteiger partial charge in [-0.3, -0.25) is 9.10 Å². The molecule has 0 saturated carbocycles. The largest absolute Gasteiger partial charge is 0.351 e. The molecule has 1 aliphatic heterocycles. The summed E-state index contributed by atoms with van der Waals surface area (Å²) in [5.41, 5.74) is 5.78. The highest BCUT2D eigenvalue weighted by atomic mass is 32.2. The van der Waals surface area contributed by atoms with Crippen molar-refractivity contribution in [3.8, 4) is 11.3 Å². The van der Waals surface area contributed by atoms with Gasteiger partial charge in [-0.15, -0.1) is 0 Å². The number of para-hydroxylation sites is 1. The molecule has 1 aromatic heterocycles. The second-order valence-corrected chi connectivity index (χ2v) is 11.7. The standard InChI is InChI=1S/C28H26N4O3S2/c1-19-10-12-21(13-11-19)15-29-26(33)18-36-28-30-16-25-27(31-28)23-8-3-4-9-24(23)32(37(25,34)35)17-22-7-5-6-20(2)14-22/h3-14,16H,15,17-18H2,1-2H3,(H,29,33). The summed E-state index contributed by atoms with van der Waals surface area (Å²) in [5.74, 6) is -0.0253. The molecular formula is C28H26N4O3S2. The lowest BCUT2D eigenvalue weighted by Crippen LogP contribution is -2.34. The van der Waals surface area contributed by atoms with Crippen molar-refractivity contribution in [1.82, 2.24) is 15.3 Å². The van der Waals surface area contributed by atoms with Crippen molar-refractivity contribution in [2.24, 2.45) is 0 Å². The Bertz CT molecular complexity index is 1570. The lowest BCUT2D eigenvalue weighted by Gasteiger charge is -2.31. The highest BCUT2D eigenvalue weighted by Gasteiger charge is 2.36. The van der Waals surface area contributed by atoms with E-state index < -0.39 is 10.0 Å². The first-order chi connectivity index (χ1) is 17.8. The fourth-order valence-electron chi connectivity index (χ4n) is 4.18. The lowest BCUT2D eigenvalue weighted by molar-refractivity contribution is -0.118. The number of nitrogens with one attached hydrogen (secondary N) is 1. The molecule has 0 radical (unpaired) electrons. The third-order valence-corrected chi connectivity index (χ3v) is 8.70. The van der Waals surface area contributed by atoms with Crippen LogP contribution in [-0.2, 0) is 27.9 Å². The van der Waals surface area contributed by atoms with Gasteiger partial charge in [0.2, 0.25) is 5.91 Å². The summed E-state index contributed by atoms with van der Waals surface area (Å²) in [7, 11) is -3.88. The summed E-state index contributed by atoms with van der Waals surface area (Å²) in [5, 5.41) is 3.24. The predicted molar refractivity (Wildman–Crippen MR) is 146 cm³/mol. The number of amides is 1. The average molecular weight is 531 g/mol. The summed E-state index contributed by atoms with van der Waals surface area (Å²) in [6.45, 7) is 4.64. The van der Waals surface area contributed by atoms with Crippen LogP contribution in [0.2, 0.25) is 0 Å². The molecule has 1 N–H and O–H groups in total. The van der Waals surface area contributed by atoms with E-state index in [0.29, 0.717) is 28.6 Å². The molecule has 9 heteroatoms. The number of hydrogen-bond donors (Lipinski definition) is 1. The van der Waals surface area contributed by atoms with Crippen LogP contribution in [0.3, 0.4) is 0 Å². The summed E-state index contributed by atoms with van der Waals surface area (Å²) < 4.78 is 28.7. The van der Waals surface area contributed by atoms with Gasteiger partial charge in [-0.05, 0) is 31.0 Å². The Morgan fingerprint density at radius 2 is 1.73 bits per heavy atom. The molecule has 1 aliphatic rings. The van der Waals surface area contributed by atoms with Crippen LogP contribution < -0.4 is 9.62 Å². The first-order valence-electron chi connectivity index (χ1n) is 11.8. The smallest absolute Gasteiger partial charge is 0.268 e. The van der Waals surface area contributed by atoms with Crippen LogP contribution in [0.1, 0.15) is 22.3 Å². The van der Waals surface area contributed by atoms with Gasteiger partial charge in [0.25, 0.3) is 10.0 Å². The number of carbonyl (C=O) groups excluding carboxylic acids is 1. The Labute approximate surface area is 221 Å². The number of sulfonamides is 1. The third-order valence-electron chi connectivity index (χ3n) is 6.08. The number of anilines is 1. The molecule has 2 heterocycles. The van der Waals surface area contributed by atoms with Crippen molar-refractivity contribution >= 4 is 33.4 Å². The Kier molecular flexibility index (Phi) is 6.99. The van der Waals surface area contributed by atoms with Crippen molar-refractivity contribution in [3.63, 3.8) is 0 Å². The molecule has 188 valence electrons. The van der Waals surface area contributed by atoms with E-state index in [4.69, 9.17) is 0 Å². The van der Waals surface area contributed by atoms with Crippen LogP contribution in [0, 0.1) is 13.8 Å². The Morgan fingerprint density at radius 3 is 2.51 bits per heavy atom. The zero-order valence-electron chi connectivity index (χ0n) is 20.5. The van der Waals surface area contributed by atoms with Crippen molar-refractivity contribution in [1.29, 1.82) is 0 Å². The summed E-state index contributed by atoms with van der Waals surface area (Å²) in [4.78, 5) is 21.3. The highest BCUT2D eigenvalue weighted by molar-refractivity contribution is 7.99. The topological polar surface area (TPSA) is 92.3 Å². The maximum atomic E-state index is 13.6. The van der Waals surface area contributed by atoms with Crippen LogP contribution in [0.4, 0.5) is 5.69 Å². The zero-order valence-corrected chi connectivity index (χ0v) is 22.1. The molecule has 4 aromatic rings. The van der Waals surface area contributed by atoms with Crippen molar-refractivity contribution < 1.29 is 13.2 Å². The summed E-state index contributed by atoms with van der Waals surface area (Å²) >= 11 is 1.18. The molecule has 0 bridgehead atoms. The number of carbonyl (C=O) groups is 1. The fourth-order valence-corrected chi connectivity index (χ4v) is 6.39. The van der Waals surface area contributed by atoms with E-state index in [1.54, 1.807) is 6.07 Å². The number of benzene rings is 3. The molecule has 0 atom stereocenters. The summed E-state index contributed by atoms with van der Waals surface area (Å²) in [6, 6.07) is 23.1. The minimum Gasteiger partial charge on any atom is -0.351 e. The van der Waals surface area contributed by atoms with E-state index in [2.05, 4.69) is 15.3 Å². The maximum absolute atomic E-state index is 13.6. The minimum atomic E-state index is -3.88. The van der Waals surface area contributed by atoms with Crippen molar-refractivity contribution in [2.45, 2.75) is 37.0 Å². The molecule has 0 saturated heterocycles. The number of rotatable bonds is 7. The van der Waals surface area contributed by atoms with E-state index in [0.717, 1.165) is 22.3 Å². The quantitative estimate of drug-likeness (QED) is 0.271. The van der Waals surface area contributed by atoms with Gasteiger partial charge in [0, 0.05) is 12.1 Å². The number of thioether (sulfide) groups is 1. The first-order valence-corrected chi connectivity index (χ1v) is 14.2. The van der Waals surface area contributed by atoms with Gasteiger partial charge >= 0.3 is 0 Å². The fraction of sp³-hybridized carbons (Fsp3) is 0.179. The van der Waals surface area contributed by atoms with Gasteiger partial charge in [-0.1, -0.05) is 89.6 Å². The lowest BCUT2D eigenvalue weighted by atomic mass is 10.1. The van der Waals surface area contributed by atoms with Gasteiger partial charge in [-0.25, -0.2) is 18.4 Å². The monoisotopic (exact) mass is 530 g/mol. The van der Waals surface area contributed by atoms with Gasteiger partial charge in [0.15, 0.2) is 5.16 Å². The molecule has 7 nitrogen and oxygen atoms in total. The van der Waals surface area contributed by atoms with Gasteiger partial charge in [0.05, 0.1) is 29.9 Å². The van der Waals surface area contributed by atoms with E-state index in [1.165, 1.54) is 22.3 Å². The van der Waals surface area contributed by atoms with Crippen LogP contribution in [0.15, 0.2) is 89.0 Å². The van der Waals surface area contributed by atoms with Crippen LogP contribution in [0.25, 0.3) is 11.3 Å². The zero-order chi connectivity index (χ0) is 26.0. The number of nitrogens with zero attached hydrogens (tertiary/aromatic N) is 3. The molecule has 0 spiro atoms. The molecule has 3 aromatic carbocycles. The van der Waals surface area contributed by atoms with Crippen molar-refractivity contribution in [2.75, 3.05) is 10.1 Å². The molecule has 1 amide bonds. The SMILES string of the molecule is Cc1ccc(CNC(=O)CSc2ncc3c(n2)-c2ccccc2N(Cc2cccc(C)c2)S3(=O)=O)cc1. The molecule has 37 heavy (non-hydrogen) atoms. The van der Waals surface area contributed by atoms with Gasteiger partial charge in [-0.2, -0.15) is 0 Å². The minimum absolute atomic E-state index is 0.0621. The molecule has 0 fully saturated rings. The average Bonchev–Trinajstić information content (AvgIpc) is 2.89. The highest BCUT2D eigenvalue weighted by Crippen LogP contribution is 2.42. The summed E-state index contributed by atoms with van der Waals surface area (Å²) in [6.07, 6.45) is 1.35. The number of aryl methyl sites for hydroxylation is 2. The molecule has 0 aliphatic carbocycles. The second-order valence-electron chi connectivity index (χ2n) is 8.93. The van der Waals surface area contributed by atoms with Crippen LogP contribution >= 0.6 is 11.8 Å². The normalized spacial score (nSPS) is 13.5. The van der Waals surface area contributed by atoms with E-state index >= 15 is 0 Å². The van der Waals surface area contributed by atoms with E-state index in [1.807, 2.05) is 80.6 Å². The van der Waals surface area contributed by atoms with Gasteiger partial charge < -0.3 is 5.32 Å². The molecule has 5 rings (SSSR count). The van der Waals surface area contributed by atoms with Crippen LogP contribution in [-0.4, -0.2) is 30.0 Å². The number of fused-ring (bicyclic) bond motifs is 3. The Balaban J connectivity index is 1.36. The van der Waals surface area contributed by atoms with Crippen LogP contribution in [0.5, 0.6) is 0 Å². The van der Waals surface area contributed by atoms with Crippen molar-refractivity contribution in [3.05, 3.63) is 101 Å². The Morgan fingerprint density at radius 1 is 0.946 bits per heavy atom. The molecular weight excluding hydrogens is 504 g/mol. The predicted octanol–water partition coefficient (Wildman–Crippen LogP) is 4.88. The Hall–Kier alpha value is -3.69. The second kappa shape index (κ2) is 10.4. The van der Waals surface area contributed by atoms with E-state index in [-0.39, 0.29) is 23.1 Å².